The fourth-order valence-corrected chi connectivity index (χ4v) is 10.4. The lowest BCUT2D eigenvalue weighted by Crippen LogP contribution is -2.18. The van der Waals surface area contributed by atoms with Crippen molar-refractivity contribution in [1.29, 1.82) is 0 Å². The zero-order valence-corrected chi connectivity index (χ0v) is 37.0. The van der Waals surface area contributed by atoms with Gasteiger partial charge in [-0.15, -0.1) is 0 Å². The maximum Gasteiger partial charge on any atom is 0.0543 e. The topological polar surface area (TPSA) is 6.48 Å². The molecule has 0 aromatic heterocycles. The van der Waals surface area contributed by atoms with E-state index in [1.165, 1.54) is 99.2 Å². The summed E-state index contributed by atoms with van der Waals surface area (Å²) >= 11 is 0. The van der Waals surface area contributed by atoms with Gasteiger partial charge in [-0.1, -0.05) is 187 Å². The molecule has 0 amide bonds. The third kappa shape index (κ3) is 6.22. The number of fused-ring (bicyclic) bond motifs is 9. The first-order chi connectivity index (χ1) is 30.7. The summed E-state index contributed by atoms with van der Waals surface area (Å²) in [5.41, 5.74) is 14.7. The number of nitrogens with zero attached hydrogens (tertiary/aromatic N) is 2. The van der Waals surface area contributed by atoms with Crippen LogP contribution in [0, 0.1) is 0 Å². The third-order valence-electron chi connectivity index (χ3n) is 13.8. The van der Waals surface area contributed by atoms with Crippen LogP contribution in [0.5, 0.6) is 0 Å². The van der Waals surface area contributed by atoms with Crippen LogP contribution in [0.3, 0.4) is 0 Å². The SMILES string of the molecule is CC(C)c1ccc(N(c2cccc3ccccc23)c2cc3c(c4ccccc24)-c2c(cc(N(c4ccc(C(C)C)cc4)c4cccc5ccccc45)c4ccccc24)C3(C)C)cc1. The smallest absolute Gasteiger partial charge is 0.0543 e. The molecule has 0 atom stereocenters. The van der Waals surface area contributed by atoms with Gasteiger partial charge in [0, 0.05) is 38.3 Å². The molecule has 63 heavy (non-hydrogen) atoms. The fourth-order valence-electron chi connectivity index (χ4n) is 10.4. The molecule has 2 nitrogen and oxygen atoms in total. The highest BCUT2D eigenvalue weighted by atomic mass is 15.2. The first-order valence-corrected chi connectivity index (χ1v) is 22.6. The minimum Gasteiger partial charge on any atom is -0.309 e. The van der Waals surface area contributed by atoms with E-state index in [-0.39, 0.29) is 5.41 Å². The van der Waals surface area contributed by atoms with Crippen LogP contribution in [0.15, 0.2) is 194 Å². The van der Waals surface area contributed by atoms with Crippen molar-refractivity contribution in [2.24, 2.45) is 0 Å². The van der Waals surface area contributed by atoms with Gasteiger partial charge in [-0.25, -0.2) is 0 Å². The molecule has 0 radical (unpaired) electrons. The number of rotatable bonds is 8. The van der Waals surface area contributed by atoms with Gasteiger partial charge >= 0.3 is 0 Å². The molecule has 10 aromatic rings. The highest BCUT2D eigenvalue weighted by Gasteiger charge is 2.40. The summed E-state index contributed by atoms with van der Waals surface area (Å²) in [5, 5.41) is 9.92. The van der Waals surface area contributed by atoms with Crippen molar-refractivity contribution < 1.29 is 0 Å². The van der Waals surface area contributed by atoms with Gasteiger partial charge in [0.05, 0.1) is 22.7 Å². The molecule has 0 aliphatic heterocycles. The van der Waals surface area contributed by atoms with Crippen LogP contribution >= 0.6 is 0 Å². The van der Waals surface area contributed by atoms with Crippen LogP contribution in [0.1, 0.15) is 75.6 Å². The van der Waals surface area contributed by atoms with Crippen LogP contribution in [0.2, 0.25) is 0 Å². The van der Waals surface area contributed by atoms with E-state index in [1.807, 2.05) is 0 Å². The normalized spacial score (nSPS) is 13.0. The lowest BCUT2D eigenvalue weighted by molar-refractivity contribution is 0.661. The van der Waals surface area contributed by atoms with Crippen LogP contribution in [-0.4, -0.2) is 0 Å². The van der Waals surface area contributed by atoms with E-state index in [2.05, 4.69) is 245 Å². The lowest BCUT2D eigenvalue weighted by Gasteiger charge is -2.31. The van der Waals surface area contributed by atoms with Crippen LogP contribution in [0.25, 0.3) is 54.2 Å². The summed E-state index contributed by atoms with van der Waals surface area (Å²) in [6.07, 6.45) is 0. The number of anilines is 6. The Hall–Kier alpha value is -7.16. The highest BCUT2D eigenvalue weighted by Crippen LogP contribution is 2.59. The van der Waals surface area contributed by atoms with Crippen molar-refractivity contribution >= 4 is 77.2 Å². The summed E-state index contributed by atoms with van der Waals surface area (Å²) in [4.78, 5) is 5.03. The standard InChI is InChI=1S/C61H52N2/c1-39(2)41-29-33-45(34-30-41)62(55-27-15-19-43-17-7-9-21-47(43)55)57-37-53-59(51-25-13-11-23-49(51)57)60-52-26-14-12-24-50(52)58(38-54(60)61(53,5)6)63(46-35-31-42(32-36-46)40(3)4)56-28-16-20-44-18-8-10-22-48(44)56/h7-40H,1-6H3. The summed E-state index contributed by atoms with van der Waals surface area (Å²) in [7, 11) is 0. The average molecular weight is 813 g/mol. The van der Waals surface area contributed by atoms with Crippen molar-refractivity contribution in [2.75, 3.05) is 9.80 Å². The third-order valence-corrected chi connectivity index (χ3v) is 13.8. The number of hydrogen-bond acceptors (Lipinski definition) is 2. The first kappa shape index (κ1) is 38.7. The van der Waals surface area contributed by atoms with E-state index in [0.29, 0.717) is 11.8 Å². The zero-order valence-electron chi connectivity index (χ0n) is 37.0. The zero-order chi connectivity index (χ0) is 43.0. The molecule has 0 heterocycles. The van der Waals surface area contributed by atoms with Crippen molar-refractivity contribution in [3.05, 3.63) is 216 Å². The van der Waals surface area contributed by atoms with Crippen LogP contribution in [0.4, 0.5) is 34.1 Å². The molecule has 0 bridgehead atoms. The second kappa shape index (κ2) is 15.0. The van der Waals surface area contributed by atoms with Gasteiger partial charge in [-0.2, -0.15) is 0 Å². The van der Waals surface area contributed by atoms with E-state index in [1.54, 1.807) is 0 Å². The highest BCUT2D eigenvalue weighted by molar-refractivity contribution is 6.18. The Morgan fingerprint density at radius 3 is 1.05 bits per heavy atom. The van der Waals surface area contributed by atoms with Crippen molar-refractivity contribution in [3.63, 3.8) is 0 Å². The minimum absolute atomic E-state index is 0.333. The van der Waals surface area contributed by atoms with E-state index in [4.69, 9.17) is 0 Å². The van der Waals surface area contributed by atoms with Gasteiger partial charge in [0.25, 0.3) is 0 Å². The van der Waals surface area contributed by atoms with Gasteiger partial charge in [0.2, 0.25) is 0 Å². The van der Waals surface area contributed by atoms with Gasteiger partial charge < -0.3 is 9.80 Å². The molecule has 0 N–H and O–H groups in total. The van der Waals surface area contributed by atoms with Gasteiger partial charge in [-0.3, -0.25) is 0 Å². The Balaban J connectivity index is 1.19. The van der Waals surface area contributed by atoms with Crippen LogP contribution < -0.4 is 9.80 Å². The van der Waals surface area contributed by atoms with Gasteiger partial charge in [0.15, 0.2) is 0 Å². The number of benzene rings is 10. The molecule has 306 valence electrons. The Bertz CT molecular complexity index is 3140. The average Bonchev–Trinajstić information content (AvgIpc) is 3.55. The number of hydrogen-bond donors (Lipinski definition) is 0. The van der Waals surface area contributed by atoms with E-state index >= 15 is 0 Å². The Morgan fingerprint density at radius 1 is 0.333 bits per heavy atom. The molecular weight excluding hydrogens is 761 g/mol. The molecule has 11 rings (SSSR count). The Labute approximate surface area is 371 Å². The Kier molecular flexibility index (Phi) is 9.24. The molecule has 1 aliphatic carbocycles. The maximum atomic E-state index is 2.53. The molecule has 0 unspecified atom stereocenters. The van der Waals surface area contributed by atoms with E-state index in [9.17, 15) is 0 Å². The molecule has 0 saturated heterocycles. The summed E-state index contributed by atoms with van der Waals surface area (Å²) in [6, 6.07) is 72.7. The summed E-state index contributed by atoms with van der Waals surface area (Å²) in [6.45, 7) is 13.9. The molecule has 2 heteroatoms. The van der Waals surface area contributed by atoms with Crippen LogP contribution in [-0.2, 0) is 5.41 Å². The maximum absolute atomic E-state index is 2.53. The van der Waals surface area contributed by atoms with Gasteiger partial charge in [0.1, 0.15) is 0 Å². The van der Waals surface area contributed by atoms with E-state index in [0.717, 1.165) is 11.4 Å². The Morgan fingerprint density at radius 2 is 0.667 bits per heavy atom. The summed E-state index contributed by atoms with van der Waals surface area (Å²) < 4.78 is 0. The molecule has 0 saturated carbocycles. The van der Waals surface area contributed by atoms with Crippen molar-refractivity contribution in [2.45, 2.75) is 58.8 Å². The van der Waals surface area contributed by atoms with Crippen molar-refractivity contribution in [1.82, 2.24) is 0 Å². The fraction of sp³-hybridized carbons (Fsp3) is 0.148. The molecule has 10 aromatic carbocycles. The lowest BCUT2D eigenvalue weighted by atomic mass is 9.81. The summed E-state index contributed by atoms with van der Waals surface area (Å²) in [5.74, 6) is 0.890. The first-order valence-electron chi connectivity index (χ1n) is 22.6. The predicted octanol–water partition coefficient (Wildman–Crippen LogP) is 17.8. The quantitative estimate of drug-likeness (QED) is 0.151. The second-order valence-corrected chi connectivity index (χ2v) is 18.5. The molecular formula is C61H52N2. The largest absolute Gasteiger partial charge is 0.309 e. The van der Waals surface area contributed by atoms with Crippen molar-refractivity contribution in [3.8, 4) is 11.1 Å². The molecule has 0 fully saturated rings. The molecule has 1 aliphatic rings. The predicted molar refractivity (Wildman–Crippen MR) is 272 cm³/mol. The van der Waals surface area contributed by atoms with Gasteiger partial charge in [-0.05, 0) is 115 Å². The van der Waals surface area contributed by atoms with E-state index < -0.39 is 0 Å². The minimum atomic E-state index is -0.333. The molecule has 0 spiro atoms. The second-order valence-electron chi connectivity index (χ2n) is 18.5. The monoisotopic (exact) mass is 812 g/mol.